The Morgan fingerprint density at radius 1 is 1.25 bits per heavy atom. The first kappa shape index (κ1) is 22.3. The van der Waals surface area contributed by atoms with Crippen LogP contribution in [0.2, 0.25) is 0 Å². The summed E-state index contributed by atoms with van der Waals surface area (Å²) in [4.78, 5) is 24.2. The molecule has 0 bridgehead atoms. The first-order valence-electron chi connectivity index (χ1n) is 10.1. The molecule has 1 unspecified atom stereocenters. The molecule has 9 heteroatoms. The average molecular weight is 459 g/mol. The zero-order valence-electron chi connectivity index (χ0n) is 17.9. The monoisotopic (exact) mass is 458 g/mol. The molecule has 1 aromatic heterocycles. The molecular formula is C23H24F2N4O2S. The quantitative estimate of drug-likeness (QED) is 0.724. The van der Waals surface area contributed by atoms with E-state index in [9.17, 15) is 18.7 Å². The molecule has 0 saturated heterocycles. The van der Waals surface area contributed by atoms with Gasteiger partial charge in [0.1, 0.15) is 11.3 Å². The van der Waals surface area contributed by atoms with Crippen LogP contribution in [0.4, 0.5) is 8.78 Å². The number of thioether (sulfide) groups is 1. The van der Waals surface area contributed by atoms with Gasteiger partial charge >= 0.3 is 0 Å². The van der Waals surface area contributed by atoms with Gasteiger partial charge in [-0.3, -0.25) is 14.7 Å². The Hall–Kier alpha value is -2.94. The molecule has 1 amide bonds. The molecule has 2 aliphatic heterocycles. The van der Waals surface area contributed by atoms with Crippen molar-refractivity contribution in [2.45, 2.75) is 37.1 Å². The number of aromatic hydroxyl groups is 1. The number of carbonyl (C=O) groups is 1. The molecule has 168 valence electrons. The van der Waals surface area contributed by atoms with Gasteiger partial charge < -0.3 is 10.8 Å². The number of hydrogen-bond acceptors (Lipinski definition) is 6. The number of nitrogens with zero attached hydrogens (tertiary/aromatic N) is 3. The molecule has 0 spiro atoms. The number of hydrogen-bond donors (Lipinski definition) is 2. The lowest BCUT2D eigenvalue weighted by Gasteiger charge is -2.41. The van der Waals surface area contributed by atoms with Crippen LogP contribution >= 0.6 is 11.8 Å². The van der Waals surface area contributed by atoms with Crippen molar-refractivity contribution < 1.29 is 18.7 Å². The predicted molar refractivity (Wildman–Crippen MR) is 121 cm³/mol. The Balaban J connectivity index is 1.77. The number of allylic oxidation sites excluding steroid dienone is 1. The summed E-state index contributed by atoms with van der Waals surface area (Å²) < 4.78 is 27.4. The number of alkyl halides is 2. The van der Waals surface area contributed by atoms with Crippen molar-refractivity contribution >= 4 is 23.6 Å². The van der Waals surface area contributed by atoms with E-state index in [1.807, 2.05) is 13.0 Å². The highest BCUT2D eigenvalue weighted by molar-refractivity contribution is 8.03. The van der Waals surface area contributed by atoms with E-state index < -0.39 is 17.4 Å². The first-order chi connectivity index (χ1) is 15.0. The number of nitrogens with two attached hydrogens (primary N) is 1. The summed E-state index contributed by atoms with van der Waals surface area (Å²) in [6.07, 6.45) is 5.10. The largest absolute Gasteiger partial charge is 0.506 e. The standard InChI is InChI=1S/C23H24F2N4O2S/c1-22(18-9-15(12-32-18)14-8-17(30)11-27-10-14)19(20(31)29(3)21(26)28-22)13-4-6-16(7-5-13)23(2,24)25/h4-11,15,19,30H,12H2,1-3H3,(H2,26,28)/t15?,19-,22+/m0/s1. The molecule has 3 atom stereocenters. The maximum atomic E-state index is 13.7. The summed E-state index contributed by atoms with van der Waals surface area (Å²) in [5.41, 5.74) is 6.42. The van der Waals surface area contributed by atoms with E-state index in [2.05, 4.69) is 4.98 Å². The predicted octanol–water partition coefficient (Wildman–Crippen LogP) is 3.94. The van der Waals surface area contributed by atoms with Crippen molar-refractivity contribution in [1.82, 2.24) is 9.88 Å². The Kier molecular flexibility index (Phi) is 5.48. The van der Waals surface area contributed by atoms with Crippen molar-refractivity contribution in [3.05, 3.63) is 70.4 Å². The highest BCUT2D eigenvalue weighted by Gasteiger charge is 2.49. The summed E-state index contributed by atoms with van der Waals surface area (Å²) in [6.45, 7) is 2.69. The molecule has 2 aliphatic rings. The summed E-state index contributed by atoms with van der Waals surface area (Å²) in [7, 11) is 1.56. The van der Waals surface area contributed by atoms with Gasteiger partial charge in [0.25, 0.3) is 5.92 Å². The number of rotatable bonds is 4. The lowest BCUT2D eigenvalue weighted by molar-refractivity contribution is -0.129. The van der Waals surface area contributed by atoms with Crippen LogP contribution in [0.3, 0.4) is 0 Å². The van der Waals surface area contributed by atoms with Crippen LogP contribution in [0, 0.1) is 0 Å². The Morgan fingerprint density at radius 2 is 1.94 bits per heavy atom. The second-order valence-corrected chi connectivity index (χ2v) is 9.44. The highest BCUT2D eigenvalue weighted by atomic mass is 32.2. The summed E-state index contributed by atoms with van der Waals surface area (Å²) in [6, 6.07) is 7.49. The van der Waals surface area contributed by atoms with Gasteiger partial charge in [-0.2, -0.15) is 0 Å². The van der Waals surface area contributed by atoms with E-state index >= 15 is 0 Å². The van der Waals surface area contributed by atoms with Crippen LogP contribution in [0.5, 0.6) is 5.75 Å². The second-order valence-electron chi connectivity index (χ2n) is 8.38. The molecular weight excluding hydrogens is 434 g/mol. The van der Waals surface area contributed by atoms with Crippen LogP contribution in [-0.2, 0) is 10.7 Å². The smallest absolute Gasteiger partial charge is 0.270 e. The van der Waals surface area contributed by atoms with Crippen LogP contribution < -0.4 is 5.73 Å². The van der Waals surface area contributed by atoms with Gasteiger partial charge in [0, 0.05) is 42.3 Å². The molecule has 6 nitrogen and oxygen atoms in total. The molecule has 4 rings (SSSR count). The van der Waals surface area contributed by atoms with E-state index in [1.54, 1.807) is 43.2 Å². The van der Waals surface area contributed by atoms with Gasteiger partial charge in [0.05, 0.1) is 12.1 Å². The Morgan fingerprint density at radius 3 is 2.56 bits per heavy atom. The minimum atomic E-state index is -2.97. The number of carbonyl (C=O) groups excluding carboxylic acids is 1. The zero-order chi connectivity index (χ0) is 23.3. The van der Waals surface area contributed by atoms with Crippen molar-refractivity contribution in [1.29, 1.82) is 0 Å². The van der Waals surface area contributed by atoms with Crippen molar-refractivity contribution in [3.63, 3.8) is 0 Å². The Bertz CT molecular complexity index is 1110. The third-order valence-electron chi connectivity index (χ3n) is 6.02. The fourth-order valence-electron chi connectivity index (χ4n) is 4.17. The first-order valence-corrected chi connectivity index (χ1v) is 11.1. The molecule has 0 radical (unpaired) electrons. The lowest BCUT2D eigenvalue weighted by Crippen LogP contribution is -2.54. The fraction of sp³-hybridized carbons (Fsp3) is 0.348. The normalized spacial score (nSPS) is 26.2. The highest BCUT2D eigenvalue weighted by Crippen LogP contribution is 2.50. The van der Waals surface area contributed by atoms with Crippen LogP contribution in [0.1, 0.15) is 42.4 Å². The number of halogens is 2. The van der Waals surface area contributed by atoms with E-state index in [0.29, 0.717) is 11.3 Å². The summed E-state index contributed by atoms with van der Waals surface area (Å²) in [5.74, 6) is -3.07. The van der Waals surface area contributed by atoms with Crippen LogP contribution in [-0.4, -0.2) is 45.2 Å². The maximum absolute atomic E-state index is 13.7. The van der Waals surface area contributed by atoms with E-state index in [0.717, 1.165) is 17.4 Å². The summed E-state index contributed by atoms with van der Waals surface area (Å²) >= 11 is 1.57. The van der Waals surface area contributed by atoms with Crippen LogP contribution in [0.25, 0.3) is 0 Å². The molecule has 0 saturated carbocycles. The van der Waals surface area contributed by atoms with E-state index in [1.165, 1.54) is 23.2 Å². The minimum Gasteiger partial charge on any atom is -0.506 e. The number of likely N-dealkylation sites (N-methyl/N-ethyl adjacent to an activating group) is 1. The average Bonchev–Trinajstić information content (AvgIpc) is 3.23. The fourth-order valence-corrected chi connectivity index (χ4v) is 5.53. The number of aliphatic imine (C=N–C) groups is 1. The van der Waals surface area contributed by atoms with Gasteiger partial charge in [-0.15, -0.1) is 11.8 Å². The lowest BCUT2D eigenvalue weighted by atomic mass is 9.77. The molecule has 3 N–H and O–H groups in total. The molecule has 0 aliphatic carbocycles. The Labute approximate surface area is 189 Å². The second kappa shape index (κ2) is 7.88. The molecule has 2 aromatic rings. The third kappa shape index (κ3) is 3.85. The SMILES string of the molecule is CN1C(=O)[C@H](c2ccc(C(C)(F)F)cc2)[C@@](C)(C2=CC(c3cncc(O)c3)CS2)N=C1N. The molecule has 1 aromatic carbocycles. The molecule has 3 heterocycles. The molecule has 0 fully saturated rings. The summed E-state index contributed by atoms with van der Waals surface area (Å²) in [5, 5.41) is 9.78. The minimum absolute atomic E-state index is 0.0144. The molecule has 32 heavy (non-hydrogen) atoms. The number of guanidine groups is 1. The van der Waals surface area contributed by atoms with E-state index in [4.69, 9.17) is 10.7 Å². The number of amides is 1. The maximum Gasteiger partial charge on any atom is 0.270 e. The van der Waals surface area contributed by atoms with E-state index in [-0.39, 0.29) is 29.1 Å². The number of pyridine rings is 1. The van der Waals surface area contributed by atoms with Gasteiger partial charge in [-0.1, -0.05) is 30.3 Å². The third-order valence-corrected chi connectivity index (χ3v) is 7.41. The van der Waals surface area contributed by atoms with Crippen molar-refractivity contribution in [2.75, 3.05) is 12.8 Å². The van der Waals surface area contributed by atoms with Gasteiger partial charge in [0.15, 0.2) is 5.96 Å². The van der Waals surface area contributed by atoms with Gasteiger partial charge in [0.2, 0.25) is 5.91 Å². The van der Waals surface area contributed by atoms with Crippen molar-refractivity contribution in [2.24, 2.45) is 10.7 Å². The number of benzene rings is 1. The van der Waals surface area contributed by atoms with Gasteiger partial charge in [-0.25, -0.2) is 13.8 Å². The number of aromatic nitrogens is 1. The van der Waals surface area contributed by atoms with Crippen molar-refractivity contribution in [3.8, 4) is 5.75 Å². The topological polar surface area (TPSA) is 91.8 Å². The van der Waals surface area contributed by atoms with Crippen LogP contribution in [0.15, 0.2) is 58.7 Å². The van der Waals surface area contributed by atoms with Gasteiger partial charge in [-0.05, 0) is 24.1 Å². The zero-order valence-corrected chi connectivity index (χ0v) is 18.7.